The molecular weight excluding hydrogens is 349 g/mol. The third kappa shape index (κ3) is 5.12. The zero-order valence-corrected chi connectivity index (χ0v) is 15.0. The fourth-order valence-electron chi connectivity index (χ4n) is 3.00. The van der Waals surface area contributed by atoms with Crippen LogP contribution in [0, 0.1) is 0 Å². The molecule has 1 aromatic carbocycles. The monoisotopic (exact) mass is 372 g/mol. The minimum atomic E-state index is -4.48. The minimum absolute atomic E-state index is 0.0862. The molecule has 1 aliphatic heterocycles. The molecule has 8 heteroatoms. The molecular formula is C18H23F3N2O3. The lowest BCUT2D eigenvalue weighted by Crippen LogP contribution is -2.41. The second kappa shape index (κ2) is 7.55. The maximum absolute atomic E-state index is 13.3. The number of hydrogen-bond acceptors (Lipinski definition) is 3. The Bertz CT molecular complexity index is 668. The topological polar surface area (TPSA) is 58.6 Å². The number of alkyl carbamates (subject to hydrolysis) is 1. The molecule has 0 aliphatic carbocycles. The van der Waals surface area contributed by atoms with Gasteiger partial charge in [-0.1, -0.05) is 18.2 Å². The lowest BCUT2D eigenvalue weighted by Gasteiger charge is -2.27. The van der Waals surface area contributed by atoms with Gasteiger partial charge < -0.3 is 15.0 Å². The van der Waals surface area contributed by atoms with E-state index >= 15 is 0 Å². The fraction of sp³-hybridized carbons (Fsp3) is 0.556. The number of likely N-dealkylation sites (tertiary alicyclic amines) is 1. The Labute approximate surface area is 150 Å². The van der Waals surface area contributed by atoms with Crippen molar-refractivity contribution in [1.29, 1.82) is 0 Å². The predicted molar refractivity (Wildman–Crippen MR) is 89.4 cm³/mol. The number of ether oxygens (including phenoxy) is 1. The molecule has 26 heavy (non-hydrogen) atoms. The number of carbonyl (C=O) groups excluding carboxylic acids is 2. The molecule has 0 aromatic heterocycles. The van der Waals surface area contributed by atoms with Gasteiger partial charge in [0.05, 0.1) is 11.6 Å². The minimum Gasteiger partial charge on any atom is -0.444 e. The molecule has 1 aliphatic rings. The van der Waals surface area contributed by atoms with Gasteiger partial charge in [0.25, 0.3) is 0 Å². The summed E-state index contributed by atoms with van der Waals surface area (Å²) in [6, 6.07) is 4.64. The molecule has 0 bridgehead atoms. The molecule has 1 aromatic rings. The third-order valence-corrected chi connectivity index (χ3v) is 3.98. The number of alkyl halides is 3. The summed E-state index contributed by atoms with van der Waals surface area (Å²) < 4.78 is 44.8. The van der Waals surface area contributed by atoms with Crippen LogP contribution in [0.3, 0.4) is 0 Å². The van der Waals surface area contributed by atoms with Crippen LogP contribution < -0.4 is 5.32 Å². The maximum Gasteiger partial charge on any atom is 0.416 e. The van der Waals surface area contributed by atoms with Crippen molar-refractivity contribution in [3.63, 3.8) is 0 Å². The van der Waals surface area contributed by atoms with Gasteiger partial charge in [-0.2, -0.15) is 13.2 Å². The summed E-state index contributed by atoms with van der Waals surface area (Å²) in [6.45, 7) is 5.11. The summed E-state index contributed by atoms with van der Waals surface area (Å²) in [7, 11) is 0. The molecule has 5 nitrogen and oxygen atoms in total. The Hall–Kier alpha value is -2.25. The highest BCUT2D eigenvalue weighted by Gasteiger charge is 2.38. The molecule has 1 unspecified atom stereocenters. The summed E-state index contributed by atoms with van der Waals surface area (Å²) in [5, 5.41) is 2.36. The van der Waals surface area contributed by atoms with Crippen LogP contribution in [0.4, 0.5) is 18.0 Å². The molecule has 1 heterocycles. The fourth-order valence-corrected chi connectivity index (χ4v) is 3.00. The van der Waals surface area contributed by atoms with E-state index in [1.165, 1.54) is 23.1 Å². The van der Waals surface area contributed by atoms with Crippen LogP contribution in [0.5, 0.6) is 0 Å². The van der Waals surface area contributed by atoms with Crippen LogP contribution in [0.25, 0.3) is 0 Å². The second-order valence-corrected chi connectivity index (χ2v) is 7.19. The van der Waals surface area contributed by atoms with Crippen LogP contribution in [0.15, 0.2) is 24.3 Å². The number of halogens is 3. The summed E-state index contributed by atoms with van der Waals surface area (Å²) >= 11 is 0. The van der Waals surface area contributed by atoms with Gasteiger partial charge in [0, 0.05) is 6.54 Å². The van der Waals surface area contributed by atoms with Crippen LogP contribution in [0.2, 0.25) is 0 Å². The molecule has 2 amide bonds. The van der Waals surface area contributed by atoms with E-state index in [9.17, 15) is 22.8 Å². The summed E-state index contributed by atoms with van der Waals surface area (Å²) in [5.41, 5.74) is -1.34. The van der Waals surface area contributed by atoms with Gasteiger partial charge in [0.1, 0.15) is 12.1 Å². The van der Waals surface area contributed by atoms with Gasteiger partial charge in [-0.05, 0) is 45.2 Å². The van der Waals surface area contributed by atoms with Gasteiger partial charge in [-0.15, -0.1) is 0 Å². The van der Waals surface area contributed by atoms with E-state index < -0.39 is 35.4 Å². The lowest BCUT2D eigenvalue weighted by molar-refractivity contribution is -0.140. The quantitative estimate of drug-likeness (QED) is 0.876. The van der Waals surface area contributed by atoms with Crippen molar-refractivity contribution in [2.45, 2.75) is 51.4 Å². The van der Waals surface area contributed by atoms with Crippen molar-refractivity contribution >= 4 is 12.0 Å². The van der Waals surface area contributed by atoms with E-state index in [2.05, 4.69) is 5.32 Å². The smallest absolute Gasteiger partial charge is 0.416 e. The second-order valence-electron chi connectivity index (χ2n) is 7.19. The molecule has 0 saturated carbocycles. The Balaban J connectivity index is 2.09. The van der Waals surface area contributed by atoms with Crippen molar-refractivity contribution in [2.24, 2.45) is 0 Å². The van der Waals surface area contributed by atoms with Gasteiger partial charge in [-0.25, -0.2) is 4.79 Å². The number of benzene rings is 1. The van der Waals surface area contributed by atoms with Gasteiger partial charge in [0.15, 0.2) is 0 Å². The van der Waals surface area contributed by atoms with Crippen LogP contribution >= 0.6 is 0 Å². The predicted octanol–water partition coefficient (Wildman–Crippen LogP) is 3.89. The van der Waals surface area contributed by atoms with Crippen LogP contribution in [-0.4, -0.2) is 35.6 Å². The Kier molecular flexibility index (Phi) is 5.83. The highest BCUT2D eigenvalue weighted by Crippen LogP contribution is 2.40. The molecule has 1 fully saturated rings. The van der Waals surface area contributed by atoms with Gasteiger partial charge in [0.2, 0.25) is 5.91 Å². The molecule has 1 saturated heterocycles. The zero-order chi connectivity index (χ0) is 19.5. The number of rotatable bonds is 3. The average Bonchev–Trinajstić information content (AvgIpc) is 2.99. The van der Waals surface area contributed by atoms with Crippen molar-refractivity contribution in [1.82, 2.24) is 10.2 Å². The third-order valence-electron chi connectivity index (χ3n) is 3.98. The lowest BCUT2D eigenvalue weighted by atomic mass is 9.98. The number of nitrogens with zero attached hydrogens (tertiary/aromatic N) is 1. The molecule has 1 atom stereocenters. The van der Waals surface area contributed by atoms with Crippen molar-refractivity contribution in [2.75, 3.05) is 13.1 Å². The largest absolute Gasteiger partial charge is 0.444 e. The molecule has 1 N–H and O–H groups in total. The van der Waals surface area contributed by atoms with Gasteiger partial charge in [-0.3, -0.25) is 4.79 Å². The van der Waals surface area contributed by atoms with Crippen molar-refractivity contribution < 1.29 is 27.5 Å². The first-order chi connectivity index (χ1) is 12.0. The first-order valence-corrected chi connectivity index (χ1v) is 8.41. The maximum atomic E-state index is 13.3. The molecule has 144 valence electrons. The van der Waals surface area contributed by atoms with Crippen molar-refractivity contribution in [3.05, 3.63) is 35.4 Å². The van der Waals surface area contributed by atoms with Gasteiger partial charge >= 0.3 is 12.3 Å². The van der Waals surface area contributed by atoms with Crippen LogP contribution in [0.1, 0.15) is 50.8 Å². The Morgan fingerprint density at radius 2 is 1.88 bits per heavy atom. The highest BCUT2D eigenvalue weighted by molar-refractivity contribution is 5.83. The Morgan fingerprint density at radius 3 is 2.50 bits per heavy atom. The number of nitrogens with one attached hydrogen (secondary N) is 1. The molecule has 0 radical (unpaired) electrons. The Morgan fingerprint density at radius 1 is 1.23 bits per heavy atom. The van der Waals surface area contributed by atoms with Crippen molar-refractivity contribution in [3.8, 4) is 0 Å². The number of carbonyl (C=O) groups is 2. The number of hydrogen-bond donors (Lipinski definition) is 1. The first kappa shape index (κ1) is 20.1. The summed E-state index contributed by atoms with van der Waals surface area (Å²) in [4.78, 5) is 25.5. The van der Waals surface area contributed by atoms with E-state index in [1.54, 1.807) is 20.8 Å². The molecule has 2 rings (SSSR count). The SMILES string of the molecule is CC(C)(C)OC(=O)NCC(=O)N1CCCC1c1ccccc1C(F)(F)F. The standard InChI is InChI=1S/C18H23F3N2O3/c1-17(2,3)26-16(25)22-11-15(24)23-10-6-9-14(23)12-7-4-5-8-13(12)18(19,20)21/h4-5,7-8,14H,6,9-11H2,1-3H3,(H,22,25). The highest BCUT2D eigenvalue weighted by atomic mass is 19.4. The van der Waals surface area contributed by atoms with E-state index in [1.807, 2.05) is 0 Å². The first-order valence-electron chi connectivity index (χ1n) is 8.41. The summed E-state index contributed by atoms with van der Waals surface area (Å²) in [6.07, 6.45) is -4.17. The number of amides is 2. The average molecular weight is 372 g/mol. The van der Waals surface area contributed by atoms with Crippen LogP contribution in [-0.2, 0) is 15.7 Å². The van der Waals surface area contributed by atoms with E-state index in [0.29, 0.717) is 19.4 Å². The van der Waals surface area contributed by atoms with E-state index in [4.69, 9.17) is 4.74 Å². The zero-order valence-electron chi connectivity index (χ0n) is 15.0. The normalized spacial score (nSPS) is 17.9. The van der Waals surface area contributed by atoms with E-state index in [0.717, 1.165) is 6.07 Å². The summed E-state index contributed by atoms with van der Waals surface area (Å²) in [5.74, 6) is -0.435. The molecule has 0 spiro atoms. The van der Waals surface area contributed by atoms with E-state index in [-0.39, 0.29) is 12.1 Å².